The molecular weight excluding hydrogens is 215 g/mol. The number of aliphatic hydroxyl groups excluding tert-OH is 1. The maximum Gasteiger partial charge on any atom is 0.398 e. The number of rotatable bonds is 3. The number of thioether (sulfide) groups is 1. The van der Waals surface area contributed by atoms with Crippen molar-refractivity contribution in [2.75, 3.05) is 5.75 Å². The molecule has 0 saturated heterocycles. The minimum absolute atomic E-state index is 0.229. The Labute approximate surface area is 83.2 Å². The van der Waals surface area contributed by atoms with Gasteiger partial charge in [0.05, 0.1) is 12.4 Å². The molecule has 1 aromatic heterocycles. The molecular formula is C8H8F3NOS. The van der Waals surface area contributed by atoms with Crippen molar-refractivity contribution in [1.82, 2.24) is 4.98 Å². The van der Waals surface area contributed by atoms with Crippen molar-refractivity contribution in [3.63, 3.8) is 0 Å². The van der Waals surface area contributed by atoms with E-state index in [1.807, 2.05) is 0 Å². The summed E-state index contributed by atoms with van der Waals surface area (Å²) < 4.78 is 35.6. The van der Waals surface area contributed by atoms with Gasteiger partial charge < -0.3 is 5.11 Å². The minimum Gasteiger partial charge on any atom is -0.392 e. The summed E-state index contributed by atoms with van der Waals surface area (Å²) in [6, 6.07) is 3.12. The molecule has 0 saturated carbocycles. The molecule has 1 N–H and O–H groups in total. The second-order valence-electron chi connectivity index (χ2n) is 2.53. The van der Waals surface area contributed by atoms with Crippen LogP contribution in [0.5, 0.6) is 0 Å². The molecule has 0 spiro atoms. The number of aliphatic hydroxyl groups is 1. The Morgan fingerprint density at radius 1 is 1.43 bits per heavy atom. The van der Waals surface area contributed by atoms with Crippen LogP contribution in [0.1, 0.15) is 5.56 Å². The topological polar surface area (TPSA) is 33.1 Å². The van der Waals surface area contributed by atoms with Gasteiger partial charge in [0, 0.05) is 11.8 Å². The molecule has 0 aliphatic rings. The lowest BCUT2D eigenvalue weighted by atomic mass is 10.3. The van der Waals surface area contributed by atoms with Crippen LogP contribution < -0.4 is 0 Å². The van der Waals surface area contributed by atoms with Gasteiger partial charge >= 0.3 is 6.18 Å². The third kappa shape index (κ3) is 3.55. The highest BCUT2D eigenvalue weighted by Crippen LogP contribution is 2.27. The predicted octanol–water partition coefficient (Wildman–Crippen LogP) is 2.23. The molecule has 0 aromatic carbocycles. The fraction of sp³-hybridized carbons (Fsp3) is 0.375. The van der Waals surface area contributed by atoms with Gasteiger partial charge in [-0.1, -0.05) is 17.8 Å². The van der Waals surface area contributed by atoms with Crippen molar-refractivity contribution in [3.8, 4) is 0 Å². The zero-order valence-electron chi connectivity index (χ0n) is 7.08. The molecule has 6 heteroatoms. The van der Waals surface area contributed by atoms with Gasteiger partial charge in [-0.25, -0.2) is 4.98 Å². The van der Waals surface area contributed by atoms with Crippen LogP contribution in [-0.4, -0.2) is 22.0 Å². The van der Waals surface area contributed by atoms with Gasteiger partial charge in [0.25, 0.3) is 0 Å². The van der Waals surface area contributed by atoms with E-state index >= 15 is 0 Å². The van der Waals surface area contributed by atoms with Crippen molar-refractivity contribution in [2.45, 2.75) is 17.8 Å². The van der Waals surface area contributed by atoms with Crippen molar-refractivity contribution in [2.24, 2.45) is 0 Å². The lowest BCUT2D eigenvalue weighted by molar-refractivity contribution is -0.105. The molecule has 78 valence electrons. The molecule has 0 aliphatic heterocycles. The third-order valence-electron chi connectivity index (χ3n) is 1.39. The third-order valence-corrected chi connectivity index (χ3v) is 2.51. The summed E-state index contributed by atoms with van der Waals surface area (Å²) in [7, 11) is 0. The van der Waals surface area contributed by atoms with Crippen LogP contribution in [0.2, 0.25) is 0 Å². The first-order chi connectivity index (χ1) is 6.53. The number of aromatic nitrogens is 1. The fourth-order valence-electron chi connectivity index (χ4n) is 0.825. The van der Waals surface area contributed by atoms with Crippen molar-refractivity contribution in [3.05, 3.63) is 23.9 Å². The van der Waals surface area contributed by atoms with E-state index in [2.05, 4.69) is 4.98 Å². The normalized spacial score (nSPS) is 11.7. The lowest BCUT2D eigenvalue weighted by Gasteiger charge is -2.07. The summed E-state index contributed by atoms with van der Waals surface area (Å²) in [5.74, 6) is -0.989. The van der Waals surface area contributed by atoms with Gasteiger partial charge in [-0.05, 0) is 6.07 Å². The summed E-state index contributed by atoms with van der Waals surface area (Å²) in [4.78, 5) is 3.76. The van der Waals surface area contributed by atoms with Crippen LogP contribution in [0.3, 0.4) is 0 Å². The standard InChI is InChI=1S/C8H8F3NOS/c9-8(10,11)5-14-7-6(4-13)2-1-3-12-7/h1-3,13H,4-5H2. The maximum absolute atomic E-state index is 11.9. The van der Waals surface area contributed by atoms with E-state index in [0.29, 0.717) is 17.3 Å². The van der Waals surface area contributed by atoms with Crippen molar-refractivity contribution >= 4 is 11.8 Å². The fourth-order valence-corrected chi connectivity index (χ4v) is 1.58. The molecule has 0 bridgehead atoms. The van der Waals surface area contributed by atoms with Crippen LogP contribution >= 0.6 is 11.8 Å². The summed E-state index contributed by atoms with van der Waals surface area (Å²) in [6.45, 7) is -0.298. The predicted molar refractivity (Wildman–Crippen MR) is 46.9 cm³/mol. The number of nitrogens with zero attached hydrogens (tertiary/aromatic N) is 1. The van der Waals surface area contributed by atoms with Gasteiger partial charge in [-0.15, -0.1) is 0 Å². The SMILES string of the molecule is OCc1cccnc1SCC(F)(F)F. The first-order valence-corrected chi connectivity index (χ1v) is 4.76. The molecule has 0 atom stereocenters. The van der Waals surface area contributed by atoms with E-state index < -0.39 is 11.9 Å². The molecule has 1 rings (SSSR count). The van der Waals surface area contributed by atoms with Crippen LogP contribution in [-0.2, 0) is 6.61 Å². The lowest BCUT2D eigenvalue weighted by Crippen LogP contribution is -2.11. The quantitative estimate of drug-likeness (QED) is 0.798. The summed E-state index contributed by atoms with van der Waals surface area (Å²) in [5, 5.41) is 9.04. The van der Waals surface area contributed by atoms with E-state index in [1.54, 1.807) is 12.1 Å². The van der Waals surface area contributed by atoms with Crippen LogP contribution in [0, 0.1) is 0 Å². The van der Waals surface area contributed by atoms with Gasteiger partial charge in [0.2, 0.25) is 0 Å². The summed E-state index contributed by atoms with van der Waals surface area (Å²) in [5.41, 5.74) is 0.418. The Hall–Kier alpha value is -0.750. The first kappa shape index (κ1) is 11.3. The van der Waals surface area contributed by atoms with Crippen molar-refractivity contribution < 1.29 is 18.3 Å². The molecule has 2 nitrogen and oxygen atoms in total. The van der Waals surface area contributed by atoms with E-state index in [0.717, 1.165) is 0 Å². The Morgan fingerprint density at radius 3 is 2.71 bits per heavy atom. The van der Waals surface area contributed by atoms with Gasteiger partial charge in [0.1, 0.15) is 5.03 Å². The van der Waals surface area contributed by atoms with Gasteiger partial charge in [0.15, 0.2) is 0 Å². The number of pyridine rings is 1. The monoisotopic (exact) mass is 223 g/mol. The van der Waals surface area contributed by atoms with Crippen LogP contribution in [0.15, 0.2) is 23.4 Å². The second-order valence-corrected chi connectivity index (χ2v) is 3.49. The van der Waals surface area contributed by atoms with Crippen molar-refractivity contribution in [1.29, 1.82) is 0 Å². The van der Waals surface area contributed by atoms with E-state index in [-0.39, 0.29) is 11.6 Å². The Balaban J connectivity index is 2.67. The molecule has 0 amide bonds. The number of alkyl halides is 3. The van der Waals surface area contributed by atoms with Gasteiger partial charge in [-0.3, -0.25) is 0 Å². The van der Waals surface area contributed by atoms with Gasteiger partial charge in [-0.2, -0.15) is 13.2 Å². The number of hydrogen-bond donors (Lipinski definition) is 1. The molecule has 0 radical (unpaired) electrons. The number of halogens is 3. The molecule has 0 fully saturated rings. The van der Waals surface area contributed by atoms with E-state index in [4.69, 9.17) is 5.11 Å². The Morgan fingerprint density at radius 2 is 2.14 bits per heavy atom. The highest BCUT2D eigenvalue weighted by atomic mass is 32.2. The highest BCUT2D eigenvalue weighted by molar-refractivity contribution is 7.99. The molecule has 0 unspecified atom stereocenters. The molecule has 14 heavy (non-hydrogen) atoms. The molecule has 1 aromatic rings. The number of hydrogen-bond acceptors (Lipinski definition) is 3. The second kappa shape index (κ2) is 4.65. The average Bonchev–Trinajstić information content (AvgIpc) is 2.14. The minimum atomic E-state index is -4.21. The first-order valence-electron chi connectivity index (χ1n) is 3.77. The smallest absolute Gasteiger partial charge is 0.392 e. The summed E-state index contributed by atoms with van der Waals surface area (Å²) >= 11 is 0.582. The summed E-state index contributed by atoms with van der Waals surface area (Å²) in [6.07, 6.45) is -2.81. The van der Waals surface area contributed by atoms with Crippen LogP contribution in [0.4, 0.5) is 13.2 Å². The Kier molecular flexibility index (Phi) is 3.77. The zero-order chi connectivity index (χ0) is 10.6. The Bertz CT molecular complexity index is 303. The average molecular weight is 223 g/mol. The van der Waals surface area contributed by atoms with E-state index in [1.165, 1.54) is 6.20 Å². The zero-order valence-corrected chi connectivity index (χ0v) is 7.90. The largest absolute Gasteiger partial charge is 0.398 e. The van der Waals surface area contributed by atoms with E-state index in [9.17, 15) is 13.2 Å². The molecule has 1 heterocycles. The maximum atomic E-state index is 11.9. The molecule has 0 aliphatic carbocycles. The highest BCUT2D eigenvalue weighted by Gasteiger charge is 2.27. The van der Waals surface area contributed by atoms with Crippen LogP contribution in [0.25, 0.3) is 0 Å².